The van der Waals surface area contributed by atoms with Crippen LogP contribution in [0.5, 0.6) is 0 Å². The zero-order valence-electron chi connectivity index (χ0n) is 14.3. The largest absolute Gasteiger partial charge is 0.478 e. The fourth-order valence-electron chi connectivity index (χ4n) is 3.51. The molecule has 5 nitrogen and oxygen atoms in total. The van der Waals surface area contributed by atoms with Gasteiger partial charge in [-0.1, -0.05) is 6.08 Å². The minimum absolute atomic E-state index is 0.118. The Morgan fingerprint density at radius 1 is 1.27 bits per heavy atom. The molecule has 140 valence electrons. The van der Waals surface area contributed by atoms with Gasteiger partial charge >= 0.3 is 5.97 Å². The van der Waals surface area contributed by atoms with E-state index in [1.807, 2.05) is 11.9 Å². The molecule has 0 bridgehead atoms. The van der Waals surface area contributed by atoms with Gasteiger partial charge in [-0.2, -0.15) is 0 Å². The number of fused-ring (bicyclic) bond motifs is 1. The van der Waals surface area contributed by atoms with Crippen molar-refractivity contribution in [3.63, 3.8) is 0 Å². The molecule has 3 rings (SSSR count). The van der Waals surface area contributed by atoms with Crippen LogP contribution in [0.1, 0.15) is 28.3 Å². The first kappa shape index (κ1) is 18.4. The highest BCUT2D eigenvalue weighted by atomic mass is 19.1. The maximum atomic E-state index is 15.2. The number of rotatable bonds is 4. The number of piperazine rings is 1. The summed E-state index contributed by atoms with van der Waals surface area (Å²) in [7, 11) is 1.91. The number of carbonyl (C=O) groups is 2. The topological polar surface area (TPSA) is 60.9 Å². The number of Topliss-reactive ketones (excluding diaryl/α,β-unsaturated/α-hetero) is 1. The van der Waals surface area contributed by atoms with Crippen LogP contribution in [0.25, 0.3) is 0 Å². The number of benzene rings is 1. The summed E-state index contributed by atoms with van der Waals surface area (Å²) in [5.74, 6) is -5.19. The molecule has 1 unspecified atom stereocenters. The van der Waals surface area contributed by atoms with Crippen LogP contribution in [0.15, 0.2) is 17.7 Å². The van der Waals surface area contributed by atoms with Crippen LogP contribution in [0.2, 0.25) is 0 Å². The predicted octanol–water partition coefficient (Wildman–Crippen LogP) is 2.37. The van der Waals surface area contributed by atoms with Gasteiger partial charge in [0.2, 0.25) is 5.78 Å². The van der Waals surface area contributed by atoms with Crippen molar-refractivity contribution in [3.8, 4) is 0 Å². The third-order valence-electron chi connectivity index (χ3n) is 4.93. The number of hydrogen-bond acceptors (Lipinski definition) is 4. The van der Waals surface area contributed by atoms with Crippen molar-refractivity contribution in [2.24, 2.45) is 0 Å². The quantitative estimate of drug-likeness (QED) is 0.828. The number of halogens is 3. The van der Waals surface area contributed by atoms with Crippen LogP contribution in [0, 0.1) is 11.6 Å². The van der Waals surface area contributed by atoms with E-state index in [0.717, 1.165) is 12.1 Å². The molecule has 1 fully saturated rings. The molecule has 1 aliphatic carbocycles. The minimum Gasteiger partial charge on any atom is -0.478 e. The molecule has 0 spiro atoms. The fraction of sp³-hybridized carbons (Fsp3) is 0.444. The second kappa shape index (κ2) is 7.11. The molecule has 2 aliphatic rings. The summed E-state index contributed by atoms with van der Waals surface area (Å²) in [6, 6.07) is 0.884. The minimum atomic E-state index is -1.49. The van der Waals surface area contributed by atoms with Gasteiger partial charge in [-0.05, 0) is 19.5 Å². The highest BCUT2D eigenvalue weighted by molar-refractivity contribution is 6.25. The molecule has 26 heavy (non-hydrogen) atoms. The average molecular weight is 367 g/mol. The van der Waals surface area contributed by atoms with Gasteiger partial charge in [0, 0.05) is 43.2 Å². The molecule has 1 aliphatic heterocycles. The summed E-state index contributed by atoms with van der Waals surface area (Å²) in [4.78, 5) is 27.2. The van der Waals surface area contributed by atoms with E-state index in [2.05, 4.69) is 0 Å². The first-order valence-electron chi connectivity index (χ1n) is 8.36. The number of likely N-dealkylation sites (N-methyl/N-ethyl adjacent to an activating group) is 1. The Hall–Kier alpha value is -2.35. The van der Waals surface area contributed by atoms with Crippen LogP contribution in [0.3, 0.4) is 0 Å². The van der Waals surface area contributed by atoms with E-state index in [4.69, 9.17) is 5.11 Å². The van der Waals surface area contributed by atoms with Gasteiger partial charge in [-0.15, -0.1) is 0 Å². The molecule has 1 N–H and O–H groups in total. The van der Waals surface area contributed by atoms with E-state index in [1.165, 1.54) is 0 Å². The number of aliphatic carboxylic acids is 1. The molecule has 0 radical (unpaired) electrons. The maximum absolute atomic E-state index is 15.2. The summed E-state index contributed by atoms with van der Waals surface area (Å²) >= 11 is 0. The summed E-state index contributed by atoms with van der Waals surface area (Å²) in [6.07, 6.45) is 0.892. The van der Waals surface area contributed by atoms with Crippen LogP contribution < -0.4 is 4.90 Å². The van der Waals surface area contributed by atoms with E-state index in [9.17, 15) is 18.4 Å². The number of allylic oxidation sites excluding steroid dienone is 1. The van der Waals surface area contributed by atoms with Crippen molar-refractivity contribution in [2.45, 2.75) is 12.3 Å². The summed E-state index contributed by atoms with van der Waals surface area (Å²) < 4.78 is 42.8. The molecule has 1 saturated heterocycles. The van der Waals surface area contributed by atoms with Gasteiger partial charge < -0.3 is 14.9 Å². The predicted molar refractivity (Wildman–Crippen MR) is 89.5 cm³/mol. The van der Waals surface area contributed by atoms with Gasteiger partial charge in [0.1, 0.15) is 17.1 Å². The molecule has 0 amide bonds. The number of carboxylic acids is 1. The van der Waals surface area contributed by atoms with Crippen LogP contribution in [-0.4, -0.2) is 61.7 Å². The number of anilines is 1. The molecule has 1 heterocycles. The molecule has 1 atom stereocenters. The molecular weight excluding hydrogens is 348 g/mol. The van der Waals surface area contributed by atoms with Crippen molar-refractivity contribution in [1.82, 2.24) is 4.90 Å². The van der Waals surface area contributed by atoms with Crippen molar-refractivity contribution in [2.75, 3.05) is 44.8 Å². The summed E-state index contributed by atoms with van der Waals surface area (Å²) in [5, 5.41) is 9.16. The lowest BCUT2D eigenvalue weighted by Crippen LogP contribution is -2.45. The number of nitrogens with zero attached hydrogens (tertiary/aromatic N) is 2. The third-order valence-corrected chi connectivity index (χ3v) is 4.93. The number of hydrogen-bond donors (Lipinski definition) is 1. The molecule has 0 aromatic heterocycles. The molecule has 1 aromatic carbocycles. The average Bonchev–Trinajstić information content (AvgIpc) is 2.58. The monoisotopic (exact) mass is 367 g/mol. The molecule has 1 aromatic rings. The van der Waals surface area contributed by atoms with Crippen LogP contribution in [-0.2, 0) is 4.79 Å². The zero-order chi connectivity index (χ0) is 19.0. The van der Waals surface area contributed by atoms with E-state index >= 15 is 4.39 Å². The molecule has 8 heteroatoms. The number of carboxylic acid groups (broad SMARTS) is 1. The molecular formula is C18H19F3N2O3. The fourth-order valence-corrected chi connectivity index (χ4v) is 3.51. The van der Waals surface area contributed by atoms with Crippen molar-refractivity contribution >= 4 is 17.4 Å². The Morgan fingerprint density at radius 3 is 2.50 bits per heavy atom. The SMILES string of the molecule is CN1CCN(c2c(F)cc3c(c2F)C(CC[18F])C=C(C(=O)O)C3=O)CC1. The second-order valence-corrected chi connectivity index (χ2v) is 6.57. The van der Waals surface area contributed by atoms with Crippen molar-refractivity contribution in [3.05, 3.63) is 40.5 Å². The Labute approximate surface area is 148 Å². The first-order valence-corrected chi connectivity index (χ1v) is 8.36. The van der Waals surface area contributed by atoms with E-state index in [0.29, 0.717) is 26.2 Å². The van der Waals surface area contributed by atoms with Crippen molar-refractivity contribution < 1.29 is 27.9 Å². The van der Waals surface area contributed by atoms with Gasteiger partial charge in [0.05, 0.1) is 6.67 Å². The number of carbonyl (C=O) groups excluding carboxylic acids is 1. The Bertz CT molecular complexity index is 786. The van der Waals surface area contributed by atoms with Gasteiger partial charge in [-0.3, -0.25) is 9.18 Å². The maximum Gasteiger partial charge on any atom is 0.339 e. The third kappa shape index (κ3) is 3.09. The van der Waals surface area contributed by atoms with E-state index in [-0.39, 0.29) is 23.2 Å². The standard InChI is InChI=1S/C18H19F3N2O3/c1-22-4-6-23(7-5-22)16-13(20)9-11-14(15(16)21)10(2-3-19)8-12(17(11)24)18(25)26/h8-10H,2-7H2,1H3,(H,25,26)/i19-1. The lowest BCUT2D eigenvalue weighted by molar-refractivity contribution is -0.132. The van der Waals surface area contributed by atoms with Gasteiger partial charge in [0.25, 0.3) is 0 Å². The molecule has 0 saturated carbocycles. The summed E-state index contributed by atoms with van der Waals surface area (Å²) in [5.41, 5.74) is -1.27. The van der Waals surface area contributed by atoms with Gasteiger partial charge in [0.15, 0.2) is 5.82 Å². The van der Waals surface area contributed by atoms with Crippen LogP contribution in [0.4, 0.5) is 18.9 Å². The zero-order valence-corrected chi connectivity index (χ0v) is 14.3. The summed E-state index contributed by atoms with van der Waals surface area (Å²) in [6.45, 7) is 1.28. The number of alkyl halides is 1. The number of ketones is 1. The Kier molecular flexibility index (Phi) is 5.04. The highest BCUT2D eigenvalue weighted by Gasteiger charge is 2.36. The van der Waals surface area contributed by atoms with Gasteiger partial charge in [-0.25, -0.2) is 13.6 Å². The van der Waals surface area contributed by atoms with E-state index < -0.39 is 41.6 Å². The lowest BCUT2D eigenvalue weighted by Gasteiger charge is -2.35. The highest BCUT2D eigenvalue weighted by Crippen LogP contribution is 2.40. The van der Waals surface area contributed by atoms with Crippen LogP contribution >= 0.6 is 0 Å². The van der Waals surface area contributed by atoms with E-state index in [1.54, 1.807) is 4.90 Å². The lowest BCUT2D eigenvalue weighted by atomic mass is 9.80. The normalized spacial score (nSPS) is 20.8. The Balaban J connectivity index is 2.12. The smallest absolute Gasteiger partial charge is 0.339 e. The Morgan fingerprint density at radius 2 is 1.92 bits per heavy atom. The first-order chi connectivity index (χ1) is 12.3. The van der Waals surface area contributed by atoms with Crippen molar-refractivity contribution in [1.29, 1.82) is 0 Å². The second-order valence-electron chi connectivity index (χ2n) is 6.57.